The lowest BCUT2D eigenvalue weighted by atomic mass is 10.00. The van der Waals surface area contributed by atoms with E-state index in [9.17, 15) is 37.3 Å². The van der Waals surface area contributed by atoms with E-state index in [1.165, 1.54) is 17.6 Å². The predicted molar refractivity (Wildman–Crippen MR) is 114 cm³/mol. The van der Waals surface area contributed by atoms with Gasteiger partial charge in [0.2, 0.25) is 5.91 Å². The van der Waals surface area contributed by atoms with Gasteiger partial charge in [-0.2, -0.15) is 13.2 Å². The maximum atomic E-state index is 13.6. The van der Waals surface area contributed by atoms with Crippen molar-refractivity contribution in [2.45, 2.75) is 31.9 Å². The third-order valence-corrected chi connectivity index (χ3v) is 4.73. The molecule has 34 heavy (non-hydrogen) atoms. The Kier molecular flexibility index (Phi) is 9.25. The highest BCUT2D eigenvalue weighted by Crippen LogP contribution is 2.33. The van der Waals surface area contributed by atoms with Crippen molar-refractivity contribution >= 4 is 29.2 Å². The van der Waals surface area contributed by atoms with Gasteiger partial charge in [-0.25, -0.2) is 9.87 Å². The normalized spacial score (nSPS) is 11.7. The number of hydroxylamine groups is 1. The first-order valence-corrected chi connectivity index (χ1v) is 10.1. The topological polar surface area (TPSA) is 122 Å². The molecule has 12 heteroatoms. The third-order valence-electron chi connectivity index (χ3n) is 4.73. The van der Waals surface area contributed by atoms with E-state index < -0.39 is 34.3 Å². The van der Waals surface area contributed by atoms with Crippen LogP contribution >= 0.6 is 0 Å². The molecule has 2 aromatic carbocycles. The van der Waals surface area contributed by atoms with Crippen molar-refractivity contribution in [3.05, 3.63) is 75.1 Å². The molecule has 0 atom stereocenters. The Labute approximate surface area is 191 Å². The van der Waals surface area contributed by atoms with Crippen LogP contribution in [-0.2, 0) is 15.8 Å². The molecule has 0 unspecified atom stereocenters. The van der Waals surface area contributed by atoms with Crippen LogP contribution in [0.15, 0.2) is 42.5 Å². The van der Waals surface area contributed by atoms with Crippen LogP contribution in [0.2, 0.25) is 0 Å². The molecular formula is C22H21F4N3O5. The smallest absolute Gasteiger partial charge is 0.352 e. The Bertz CT molecular complexity index is 1070. The molecule has 2 amide bonds. The lowest BCUT2D eigenvalue weighted by Crippen LogP contribution is -2.25. The molecule has 0 saturated heterocycles. The van der Waals surface area contributed by atoms with Gasteiger partial charge in [0, 0.05) is 30.7 Å². The summed E-state index contributed by atoms with van der Waals surface area (Å²) < 4.78 is 52.8. The first-order chi connectivity index (χ1) is 16.0. The zero-order chi connectivity index (χ0) is 25.3. The summed E-state index contributed by atoms with van der Waals surface area (Å²) in [6, 6.07) is 7.15. The molecule has 8 nitrogen and oxygen atoms in total. The molecule has 3 N–H and O–H groups in total. The summed E-state index contributed by atoms with van der Waals surface area (Å²) in [5.41, 5.74) is -0.179. The number of alkyl halides is 3. The van der Waals surface area contributed by atoms with E-state index in [0.717, 1.165) is 24.3 Å². The second kappa shape index (κ2) is 11.9. The van der Waals surface area contributed by atoms with Crippen LogP contribution in [-0.4, -0.2) is 28.5 Å². The number of carbonyl (C=O) groups is 2. The van der Waals surface area contributed by atoms with E-state index in [-0.39, 0.29) is 35.4 Å². The number of carbonyl (C=O) groups excluding carboxylic acids is 2. The molecule has 0 fully saturated rings. The monoisotopic (exact) mass is 483 g/mol. The Hall–Kier alpha value is -3.80. The first kappa shape index (κ1) is 26.5. The number of rotatable bonds is 10. The molecule has 182 valence electrons. The van der Waals surface area contributed by atoms with Gasteiger partial charge in [-0.1, -0.05) is 12.5 Å². The number of amides is 2. The predicted octanol–water partition coefficient (Wildman–Crippen LogP) is 4.48. The lowest BCUT2D eigenvalue weighted by molar-refractivity contribution is -0.384. The minimum Gasteiger partial charge on any atom is -0.352 e. The maximum Gasteiger partial charge on any atom is 0.419 e. The molecule has 0 bridgehead atoms. The van der Waals surface area contributed by atoms with E-state index >= 15 is 0 Å². The molecule has 0 aliphatic rings. The summed E-state index contributed by atoms with van der Waals surface area (Å²) in [5, 5.41) is 21.9. The average Bonchev–Trinajstić information content (AvgIpc) is 2.79. The van der Waals surface area contributed by atoms with E-state index in [2.05, 4.69) is 5.32 Å². The van der Waals surface area contributed by atoms with Crippen molar-refractivity contribution in [1.82, 2.24) is 10.8 Å². The lowest BCUT2D eigenvalue weighted by Gasteiger charge is -2.12. The fraction of sp³-hybridized carbons (Fsp3) is 0.273. The molecule has 0 spiro atoms. The van der Waals surface area contributed by atoms with Crippen molar-refractivity contribution in [1.29, 1.82) is 0 Å². The summed E-state index contributed by atoms with van der Waals surface area (Å²) in [4.78, 5) is 34.0. The number of halogens is 4. The van der Waals surface area contributed by atoms with E-state index in [0.29, 0.717) is 31.4 Å². The van der Waals surface area contributed by atoms with Crippen LogP contribution < -0.4 is 10.8 Å². The average molecular weight is 483 g/mol. The summed E-state index contributed by atoms with van der Waals surface area (Å²) in [5.74, 6) is -2.65. The Morgan fingerprint density at radius 1 is 1.06 bits per heavy atom. The van der Waals surface area contributed by atoms with Crippen molar-refractivity contribution in [2.75, 3.05) is 6.54 Å². The zero-order valence-electron chi connectivity index (χ0n) is 17.7. The van der Waals surface area contributed by atoms with Crippen molar-refractivity contribution in [3.63, 3.8) is 0 Å². The highest BCUT2D eigenvalue weighted by atomic mass is 19.4. The highest BCUT2D eigenvalue weighted by molar-refractivity contribution is 6.24. The largest absolute Gasteiger partial charge is 0.419 e. The number of nitrogens with zero attached hydrogens (tertiary/aromatic N) is 1. The maximum absolute atomic E-state index is 13.6. The minimum atomic E-state index is -4.93. The van der Waals surface area contributed by atoms with Crippen LogP contribution in [0.25, 0.3) is 11.6 Å². The molecule has 0 aliphatic carbocycles. The van der Waals surface area contributed by atoms with Gasteiger partial charge in [0.05, 0.1) is 10.5 Å². The fourth-order valence-electron chi connectivity index (χ4n) is 3.00. The van der Waals surface area contributed by atoms with Gasteiger partial charge in [-0.3, -0.25) is 24.9 Å². The zero-order valence-corrected chi connectivity index (χ0v) is 17.7. The quantitative estimate of drug-likeness (QED) is 0.0875. The highest BCUT2D eigenvalue weighted by Gasteiger charge is 2.34. The SMILES string of the molecule is O=C(CCCCCNC(=O)/C(=C\c1ccc(F)c(C(F)(F)F)c1)c1ccc([N+](=O)[O-])cc1)NO. The van der Waals surface area contributed by atoms with E-state index in [1.807, 2.05) is 0 Å². The van der Waals surface area contributed by atoms with Crippen LogP contribution in [0, 0.1) is 15.9 Å². The van der Waals surface area contributed by atoms with Gasteiger partial charge in [-0.05, 0) is 54.3 Å². The van der Waals surface area contributed by atoms with Gasteiger partial charge < -0.3 is 5.32 Å². The molecule has 0 heterocycles. The van der Waals surface area contributed by atoms with Crippen molar-refractivity contribution in [2.24, 2.45) is 0 Å². The van der Waals surface area contributed by atoms with Crippen LogP contribution in [0.3, 0.4) is 0 Å². The van der Waals surface area contributed by atoms with E-state index in [1.54, 1.807) is 0 Å². The number of unbranched alkanes of at least 4 members (excludes halogenated alkanes) is 2. The summed E-state index contributed by atoms with van der Waals surface area (Å²) in [6.07, 6.45) is -2.20. The standard InChI is InChI=1S/C22H21F4N3O5/c23-19-10-5-14(13-18(19)22(24,25)26)12-17(15-6-8-16(9-7-15)29(33)34)21(31)27-11-3-1-2-4-20(30)28-32/h5-10,12-13,32H,1-4,11H2,(H,27,31)(H,28,30)/b17-12-. The van der Waals surface area contributed by atoms with Crippen LogP contribution in [0.4, 0.5) is 23.2 Å². The number of hydrogen-bond donors (Lipinski definition) is 3. The van der Waals surface area contributed by atoms with Crippen molar-refractivity contribution < 1.29 is 37.3 Å². The Morgan fingerprint density at radius 3 is 2.32 bits per heavy atom. The molecule has 2 rings (SSSR count). The number of hydrogen-bond acceptors (Lipinski definition) is 5. The van der Waals surface area contributed by atoms with E-state index in [4.69, 9.17) is 5.21 Å². The molecule has 0 radical (unpaired) electrons. The Morgan fingerprint density at radius 2 is 1.74 bits per heavy atom. The molecule has 0 saturated carbocycles. The summed E-state index contributed by atoms with van der Waals surface area (Å²) in [7, 11) is 0. The second-order valence-electron chi connectivity index (χ2n) is 7.20. The molecule has 2 aromatic rings. The minimum absolute atomic E-state index is 0.0747. The summed E-state index contributed by atoms with van der Waals surface area (Å²) in [6.45, 7) is 0.182. The molecular weight excluding hydrogens is 462 g/mol. The fourth-order valence-corrected chi connectivity index (χ4v) is 3.00. The van der Waals surface area contributed by atoms with Crippen LogP contribution in [0.1, 0.15) is 42.4 Å². The van der Waals surface area contributed by atoms with Gasteiger partial charge in [-0.15, -0.1) is 0 Å². The van der Waals surface area contributed by atoms with Gasteiger partial charge in [0.1, 0.15) is 5.82 Å². The van der Waals surface area contributed by atoms with Gasteiger partial charge in [0.15, 0.2) is 0 Å². The molecule has 0 aliphatic heterocycles. The van der Waals surface area contributed by atoms with Crippen LogP contribution in [0.5, 0.6) is 0 Å². The Balaban J connectivity index is 2.26. The number of nitro groups is 1. The van der Waals surface area contributed by atoms with Gasteiger partial charge in [0.25, 0.3) is 11.6 Å². The first-order valence-electron chi connectivity index (χ1n) is 10.1. The third kappa shape index (κ3) is 7.66. The van der Waals surface area contributed by atoms with Gasteiger partial charge >= 0.3 is 6.18 Å². The second-order valence-corrected chi connectivity index (χ2v) is 7.20. The van der Waals surface area contributed by atoms with Crippen molar-refractivity contribution in [3.8, 4) is 0 Å². The summed E-state index contributed by atoms with van der Waals surface area (Å²) >= 11 is 0. The number of benzene rings is 2. The molecule has 0 aromatic heterocycles. The number of nitrogens with one attached hydrogen (secondary N) is 2. The number of non-ortho nitro benzene ring substituents is 1. The number of nitro benzene ring substituents is 1.